The van der Waals surface area contributed by atoms with Gasteiger partial charge in [-0.1, -0.05) is 0 Å². The predicted molar refractivity (Wildman–Crippen MR) is 53.1 cm³/mol. The van der Waals surface area contributed by atoms with E-state index in [9.17, 15) is 8.42 Å². The fourth-order valence-electron chi connectivity index (χ4n) is 1.42. The number of hydrogen-bond donors (Lipinski definition) is 1. The molecule has 78 valence electrons. The summed E-state index contributed by atoms with van der Waals surface area (Å²) in [5, 5.41) is 3.20. The molecule has 0 aliphatic carbocycles. The van der Waals surface area contributed by atoms with Crippen LogP contribution in [0.4, 0.5) is 0 Å². The van der Waals surface area contributed by atoms with Crippen molar-refractivity contribution in [1.29, 1.82) is 0 Å². The molecule has 1 rings (SSSR count). The molecule has 0 amide bonds. The fraction of sp³-hybridized carbons (Fsp3) is 1.00. The average molecular weight is 206 g/mol. The third kappa shape index (κ3) is 1.87. The Morgan fingerprint density at radius 2 is 2.00 bits per heavy atom. The van der Waals surface area contributed by atoms with E-state index in [1.165, 1.54) is 4.31 Å². The van der Waals surface area contributed by atoms with E-state index in [1.807, 2.05) is 20.8 Å². The standard InChI is InChI=1S/C8H18N2O2S/c1-7-8(2,3)10(4)13(11,12)6-5-9-7/h7,9H,5-6H2,1-4H3. The number of nitrogens with zero attached hydrogens (tertiary/aromatic N) is 1. The van der Waals surface area contributed by atoms with Crippen molar-refractivity contribution in [2.45, 2.75) is 32.4 Å². The van der Waals surface area contributed by atoms with Crippen molar-refractivity contribution >= 4 is 10.0 Å². The number of hydrogen-bond acceptors (Lipinski definition) is 3. The van der Waals surface area contributed by atoms with Crippen molar-refractivity contribution in [3.63, 3.8) is 0 Å². The van der Waals surface area contributed by atoms with Crippen LogP contribution in [0.25, 0.3) is 0 Å². The Morgan fingerprint density at radius 1 is 1.46 bits per heavy atom. The van der Waals surface area contributed by atoms with Crippen molar-refractivity contribution in [3.8, 4) is 0 Å². The molecule has 5 heteroatoms. The Bertz CT molecular complexity index is 285. The minimum atomic E-state index is -3.07. The topological polar surface area (TPSA) is 49.4 Å². The molecule has 0 aromatic rings. The van der Waals surface area contributed by atoms with E-state index < -0.39 is 10.0 Å². The molecule has 0 aromatic carbocycles. The van der Waals surface area contributed by atoms with Crippen LogP contribution in [0.2, 0.25) is 0 Å². The van der Waals surface area contributed by atoms with Crippen LogP contribution in [0.3, 0.4) is 0 Å². The highest BCUT2D eigenvalue weighted by atomic mass is 32.2. The molecule has 1 heterocycles. The van der Waals surface area contributed by atoms with Gasteiger partial charge in [-0.25, -0.2) is 8.42 Å². The monoisotopic (exact) mass is 206 g/mol. The quantitative estimate of drug-likeness (QED) is 0.608. The van der Waals surface area contributed by atoms with Gasteiger partial charge in [-0.15, -0.1) is 0 Å². The Kier molecular flexibility index (Phi) is 2.71. The third-order valence-electron chi connectivity index (χ3n) is 3.10. The van der Waals surface area contributed by atoms with E-state index in [0.717, 1.165) is 0 Å². The minimum absolute atomic E-state index is 0.176. The molecular formula is C8H18N2O2S. The molecule has 1 unspecified atom stereocenters. The molecule has 1 saturated heterocycles. The van der Waals surface area contributed by atoms with E-state index in [-0.39, 0.29) is 17.3 Å². The first kappa shape index (κ1) is 10.9. The van der Waals surface area contributed by atoms with Crippen LogP contribution in [0.1, 0.15) is 20.8 Å². The van der Waals surface area contributed by atoms with Gasteiger partial charge in [0.25, 0.3) is 0 Å². The molecule has 1 aliphatic rings. The maximum atomic E-state index is 11.6. The lowest BCUT2D eigenvalue weighted by atomic mass is 9.96. The molecule has 4 nitrogen and oxygen atoms in total. The Morgan fingerprint density at radius 3 is 2.54 bits per heavy atom. The van der Waals surface area contributed by atoms with Crippen molar-refractivity contribution in [2.24, 2.45) is 0 Å². The van der Waals surface area contributed by atoms with Gasteiger partial charge < -0.3 is 5.32 Å². The molecule has 1 N–H and O–H groups in total. The molecule has 0 saturated carbocycles. The summed E-state index contributed by atoms with van der Waals surface area (Å²) >= 11 is 0. The second-order valence-corrected chi connectivity index (χ2v) is 6.23. The van der Waals surface area contributed by atoms with Crippen LogP contribution >= 0.6 is 0 Å². The molecule has 13 heavy (non-hydrogen) atoms. The first-order valence-electron chi connectivity index (χ1n) is 4.48. The van der Waals surface area contributed by atoms with Crippen LogP contribution in [0.15, 0.2) is 0 Å². The highest BCUT2D eigenvalue weighted by molar-refractivity contribution is 7.89. The smallest absolute Gasteiger partial charge is 0.215 e. The Hall–Kier alpha value is -0.130. The van der Waals surface area contributed by atoms with E-state index >= 15 is 0 Å². The molecule has 1 aliphatic heterocycles. The van der Waals surface area contributed by atoms with E-state index in [0.29, 0.717) is 6.54 Å². The molecule has 0 spiro atoms. The number of nitrogens with one attached hydrogen (secondary N) is 1. The summed E-state index contributed by atoms with van der Waals surface area (Å²) in [7, 11) is -1.42. The van der Waals surface area contributed by atoms with Gasteiger partial charge in [0.05, 0.1) is 5.75 Å². The van der Waals surface area contributed by atoms with Crippen LogP contribution in [-0.4, -0.2) is 43.6 Å². The maximum Gasteiger partial charge on any atom is 0.215 e. The van der Waals surface area contributed by atoms with E-state index in [4.69, 9.17) is 0 Å². The van der Waals surface area contributed by atoms with Gasteiger partial charge in [-0.05, 0) is 20.8 Å². The zero-order valence-corrected chi connectivity index (χ0v) is 9.48. The SMILES string of the molecule is CC1NCCS(=O)(=O)N(C)C1(C)C. The van der Waals surface area contributed by atoms with Crippen LogP contribution < -0.4 is 5.32 Å². The summed E-state index contributed by atoms with van der Waals surface area (Å²) in [6.45, 7) is 6.43. The maximum absolute atomic E-state index is 11.6. The van der Waals surface area contributed by atoms with Crippen LogP contribution in [0.5, 0.6) is 0 Å². The fourth-order valence-corrected chi connectivity index (χ4v) is 2.95. The van der Waals surface area contributed by atoms with Gasteiger partial charge in [0.2, 0.25) is 10.0 Å². The Balaban J connectivity index is 3.06. The van der Waals surface area contributed by atoms with Crippen LogP contribution in [0, 0.1) is 0 Å². The molecule has 0 radical (unpaired) electrons. The highest BCUT2D eigenvalue weighted by Gasteiger charge is 2.39. The van der Waals surface area contributed by atoms with Crippen LogP contribution in [-0.2, 0) is 10.0 Å². The zero-order valence-electron chi connectivity index (χ0n) is 8.66. The number of likely N-dealkylation sites (N-methyl/N-ethyl adjacent to an activating group) is 1. The summed E-state index contributed by atoms with van der Waals surface area (Å²) in [4.78, 5) is 0. The summed E-state index contributed by atoms with van der Waals surface area (Å²) in [5.74, 6) is 0.192. The number of sulfonamides is 1. The van der Waals surface area contributed by atoms with Gasteiger partial charge in [0.1, 0.15) is 0 Å². The van der Waals surface area contributed by atoms with Gasteiger partial charge in [-0.3, -0.25) is 0 Å². The average Bonchev–Trinajstić information content (AvgIpc) is 2.06. The van der Waals surface area contributed by atoms with Gasteiger partial charge >= 0.3 is 0 Å². The lowest BCUT2D eigenvalue weighted by molar-refractivity contribution is 0.213. The summed E-state index contributed by atoms with van der Waals surface area (Å²) in [6.07, 6.45) is 0. The van der Waals surface area contributed by atoms with Crippen molar-refractivity contribution in [1.82, 2.24) is 9.62 Å². The largest absolute Gasteiger partial charge is 0.311 e. The van der Waals surface area contributed by atoms with Gasteiger partial charge in [0, 0.05) is 25.2 Å². The highest BCUT2D eigenvalue weighted by Crippen LogP contribution is 2.22. The molecule has 0 aromatic heterocycles. The van der Waals surface area contributed by atoms with E-state index in [2.05, 4.69) is 5.32 Å². The van der Waals surface area contributed by atoms with Crippen molar-refractivity contribution < 1.29 is 8.42 Å². The van der Waals surface area contributed by atoms with Crippen molar-refractivity contribution in [2.75, 3.05) is 19.3 Å². The minimum Gasteiger partial charge on any atom is -0.311 e. The molecular weight excluding hydrogens is 188 g/mol. The van der Waals surface area contributed by atoms with Gasteiger partial charge in [0.15, 0.2) is 0 Å². The predicted octanol–water partition coefficient (Wildman–Crippen LogP) is 0.0183. The molecule has 1 fully saturated rings. The van der Waals surface area contributed by atoms with Gasteiger partial charge in [-0.2, -0.15) is 4.31 Å². The second kappa shape index (κ2) is 3.22. The summed E-state index contributed by atoms with van der Waals surface area (Å²) in [6, 6.07) is 0.176. The first-order chi connectivity index (χ1) is 5.78. The lowest BCUT2D eigenvalue weighted by Crippen LogP contribution is -2.53. The van der Waals surface area contributed by atoms with E-state index in [1.54, 1.807) is 7.05 Å². The lowest BCUT2D eigenvalue weighted by Gasteiger charge is -2.37. The summed E-state index contributed by atoms with van der Waals surface area (Å²) < 4.78 is 24.8. The summed E-state index contributed by atoms with van der Waals surface area (Å²) in [5.41, 5.74) is -0.352. The number of rotatable bonds is 0. The molecule has 1 atom stereocenters. The third-order valence-corrected chi connectivity index (χ3v) is 5.12. The second-order valence-electron chi connectivity index (χ2n) is 4.11. The molecule has 0 bridgehead atoms. The normalized spacial score (nSPS) is 34.0. The Labute approximate surface area is 80.4 Å². The first-order valence-corrected chi connectivity index (χ1v) is 6.09. The zero-order chi connectivity index (χ0) is 10.3. The van der Waals surface area contributed by atoms with Crippen molar-refractivity contribution in [3.05, 3.63) is 0 Å².